The summed E-state index contributed by atoms with van der Waals surface area (Å²) >= 11 is 1.46. The van der Waals surface area contributed by atoms with Gasteiger partial charge in [0.1, 0.15) is 12.1 Å². The van der Waals surface area contributed by atoms with Gasteiger partial charge >= 0.3 is 5.97 Å². The van der Waals surface area contributed by atoms with Crippen molar-refractivity contribution in [3.05, 3.63) is 58.2 Å². The summed E-state index contributed by atoms with van der Waals surface area (Å²) in [6, 6.07) is 8.17. The summed E-state index contributed by atoms with van der Waals surface area (Å²) in [6.07, 6.45) is 5.15. The second kappa shape index (κ2) is 19.0. The van der Waals surface area contributed by atoms with Crippen LogP contribution < -0.4 is 16.1 Å². The number of methoxy groups -OCH3 is 1. The average molecular weight is 896 g/mol. The zero-order valence-electron chi connectivity index (χ0n) is 38.6. The monoisotopic (exact) mass is 895 g/mol. The lowest BCUT2D eigenvalue weighted by Crippen LogP contribution is -2.63. The number of carbonyl (C=O) groups excluding carboxylic acids is 4. The molecule has 0 radical (unpaired) electrons. The van der Waals surface area contributed by atoms with Crippen LogP contribution in [0.25, 0.3) is 33.4 Å². The van der Waals surface area contributed by atoms with Crippen molar-refractivity contribution in [3.8, 4) is 22.5 Å². The number of aromatic nitrogens is 3. The number of rotatable bonds is 10. The maximum absolute atomic E-state index is 14.7. The van der Waals surface area contributed by atoms with E-state index in [1.165, 1.54) is 16.3 Å². The van der Waals surface area contributed by atoms with Crippen LogP contribution in [0.4, 0.5) is 0 Å². The Kier molecular flexibility index (Phi) is 13.6. The zero-order valence-corrected chi connectivity index (χ0v) is 39.4. The van der Waals surface area contributed by atoms with Crippen molar-refractivity contribution >= 4 is 45.9 Å². The van der Waals surface area contributed by atoms with E-state index in [1.807, 2.05) is 44.2 Å². The molecule has 7 heterocycles. The highest BCUT2D eigenvalue weighted by molar-refractivity contribution is 7.10. The Bertz CT molecular complexity index is 2370. The molecule has 344 valence electrons. The molecule has 3 N–H and O–H groups in total. The zero-order chi connectivity index (χ0) is 45.4. The van der Waals surface area contributed by atoms with E-state index in [9.17, 15) is 19.2 Å². The highest BCUT2D eigenvalue weighted by Gasteiger charge is 2.41. The second-order valence-electron chi connectivity index (χ2n) is 19.2. The number of hydrogen-bond donors (Lipinski definition) is 3. The molecule has 3 fully saturated rings. The van der Waals surface area contributed by atoms with E-state index in [0.717, 1.165) is 57.5 Å². The number of aryl methyl sites for hydroxylation is 1. The molecular weight excluding hydrogens is 831 g/mol. The van der Waals surface area contributed by atoms with Crippen molar-refractivity contribution in [1.82, 2.24) is 45.4 Å². The molecule has 8 rings (SSSR count). The van der Waals surface area contributed by atoms with Crippen LogP contribution in [-0.4, -0.2) is 130 Å². The number of ether oxygens (including phenoxy) is 2. The fourth-order valence-corrected chi connectivity index (χ4v) is 10.8. The number of nitrogens with one attached hydrogen (secondary N) is 3. The quantitative estimate of drug-likeness (QED) is 0.143. The number of thiazole rings is 1. The Morgan fingerprint density at radius 1 is 1.12 bits per heavy atom. The van der Waals surface area contributed by atoms with Gasteiger partial charge in [0.2, 0.25) is 11.8 Å². The molecule has 4 aliphatic heterocycles. The van der Waals surface area contributed by atoms with E-state index in [2.05, 4.69) is 70.6 Å². The predicted molar refractivity (Wildman–Crippen MR) is 247 cm³/mol. The molecule has 0 saturated carbocycles. The Hall–Kier alpha value is -4.74. The molecule has 6 bridgehead atoms. The van der Waals surface area contributed by atoms with Crippen LogP contribution in [0.2, 0.25) is 0 Å². The number of pyridine rings is 1. The predicted octanol–water partition coefficient (Wildman–Crippen LogP) is 5.12. The number of amides is 3. The lowest BCUT2D eigenvalue weighted by molar-refractivity contribution is -0.155. The Balaban J connectivity index is 1.16. The molecule has 16 heteroatoms. The van der Waals surface area contributed by atoms with Crippen molar-refractivity contribution in [2.24, 2.45) is 11.3 Å². The number of likely N-dealkylation sites (tertiary alicyclic amines) is 1. The van der Waals surface area contributed by atoms with Gasteiger partial charge in [-0.15, -0.1) is 11.3 Å². The van der Waals surface area contributed by atoms with Gasteiger partial charge < -0.3 is 29.6 Å². The molecule has 3 amide bonds. The van der Waals surface area contributed by atoms with E-state index in [4.69, 9.17) is 19.4 Å². The van der Waals surface area contributed by atoms with Gasteiger partial charge in [0.15, 0.2) is 0 Å². The minimum absolute atomic E-state index is 0.0152. The van der Waals surface area contributed by atoms with Crippen LogP contribution in [0.5, 0.6) is 0 Å². The summed E-state index contributed by atoms with van der Waals surface area (Å²) in [5.74, 6) is -0.977. The maximum atomic E-state index is 14.7. The van der Waals surface area contributed by atoms with Gasteiger partial charge in [0.25, 0.3) is 5.91 Å². The van der Waals surface area contributed by atoms with Gasteiger partial charge in [-0.1, -0.05) is 33.8 Å². The number of hydrazine groups is 1. The number of nitrogens with zero attached hydrogens (tertiary/aromatic N) is 6. The fourth-order valence-electron chi connectivity index (χ4n) is 9.92. The second-order valence-corrected chi connectivity index (χ2v) is 20.1. The lowest BCUT2D eigenvalue weighted by Gasteiger charge is -2.42. The molecule has 64 heavy (non-hydrogen) atoms. The van der Waals surface area contributed by atoms with Crippen LogP contribution in [0.3, 0.4) is 0 Å². The molecule has 6 atom stereocenters. The van der Waals surface area contributed by atoms with Crippen molar-refractivity contribution in [2.45, 2.75) is 123 Å². The first-order valence-corrected chi connectivity index (χ1v) is 23.9. The molecule has 4 aromatic rings. The fraction of sp³-hybridized carbons (Fsp3) is 0.583. The van der Waals surface area contributed by atoms with Crippen molar-refractivity contribution in [3.63, 3.8) is 0 Å². The van der Waals surface area contributed by atoms with E-state index in [-0.39, 0.29) is 54.9 Å². The number of piperidine rings is 1. The number of esters is 1. The number of carbonyl (C=O) groups is 4. The molecular formula is C48H65N9O6S. The number of likely N-dealkylation sites (N-methyl/N-ethyl adjacent to an activating group) is 1. The Labute approximate surface area is 380 Å². The number of benzene rings is 1. The Morgan fingerprint density at radius 3 is 2.64 bits per heavy atom. The molecule has 15 nitrogen and oxygen atoms in total. The highest BCUT2D eigenvalue weighted by Crippen LogP contribution is 2.42. The van der Waals surface area contributed by atoms with Gasteiger partial charge in [-0.25, -0.2) is 10.4 Å². The first-order chi connectivity index (χ1) is 30.7. The van der Waals surface area contributed by atoms with Gasteiger partial charge in [0, 0.05) is 91.8 Å². The van der Waals surface area contributed by atoms with Crippen LogP contribution in [0, 0.1) is 11.3 Å². The Morgan fingerprint density at radius 2 is 1.91 bits per heavy atom. The van der Waals surface area contributed by atoms with Gasteiger partial charge in [-0.05, 0) is 88.2 Å². The summed E-state index contributed by atoms with van der Waals surface area (Å²) in [7, 11) is 3.55. The molecule has 0 spiro atoms. The maximum Gasteiger partial charge on any atom is 0.324 e. The van der Waals surface area contributed by atoms with Crippen molar-refractivity contribution in [1.29, 1.82) is 0 Å². The van der Waals surface area contributed by atoms with Crippen LogP contribution in [0.1, 0.15) is 89.6 Å². The normalized spacial score (nSPS) is 23.9. The SMILES string of the molecule is CCn1c(-c2cccnc2[C@H](C)OC)c2c3cc(ccc31)-c1csc(n1)C[C@H](NC(=O)[C@H](C(C)C)N1CCC[C@@H](N(C)C(=O)[C@H]3CN3)C1)C(=O)N1CCC[C@H](N1)C(=O)OCC(C)(C)C2. The molecule has 0 aliphatic carbocycles. The highest BCUT2D eigenvalue weighted by atomic mass is 32.1. The lowest BCUT2D eigenvalue weighted by atomic mass is 9.84. The van der Waals surface area contributed by atoms with Gasteiger partial charge in [0.05, 0.1) is 46.9 Å². The third-order valence-corrected chi connectivity index (χ3v) is 14.3. The van der Waals surface area contributed by atoms with E-state index < -0.39 is 29.5 Å². The molecule has 3 saturated heterocycles. The smallest absolute Gasteiger partial charge is 0.324 e. The molecule has 1 aromatic carbocycles. The van der Waals surface area contributed by atoms with E-state index in [1.54, 1.807) is 13.3 Å². The third-order valence-electron chi connectivity index (χ3n) is 13.5. The molecule has 0 unspecified atom stereocenters. The topological polar surface area (TPSA) is 173 Å². The van der Waals surface area contributed by atoms with Gasteiger partial charge in [-0.2, -0.15) is 0 Å². The summed E-state index contributed by atoms with van der Waals surface area (Å²) < 4.78 is 14.3. The van der Waals surface area contributed by atoms with E-state index >= 15 is 0 Å². The van der Waals surface area contributed by atoms with Crippen molar-refractivity contribution < 1.29 is 28.7 Å². The number of cyclic esters (lactones) is 1. The molecule has 3 aromatic heterocycles. The van der Waals surface area contributed by atoms with Crippen LogP contribution in [-0.2, 0) is 48.0 Å². The first kappa shape index (κ1) is 45.8. The standard InChI is InChI=1S/C48H65N9O6S/c1-9-56-39-17-16-30-21-33(39)34(43(56)32-14-10-18-49-41(32)29(4)62-8)23-48(5,6)27-63-47(61)35-15-12-20-57(53-35)46(60)36(22-40-51-38(30)26-64-40)52-44(58)42(28(2)3)55-19-11-13-31(25-55)54(7)45(59)37-24-50-37/h10,14,16-18,21,26,28-29,31,35-37,42,50,53H,9,11-13,15,19-20,22-25,27H2,1-8H3,(H,52,58)/t29-,31+,35-,36-,37+,42-/m0/s1. The third kappa shape index (κ3) is 9.48. The summed E-state index contributed by atoms with van der Waals surface area (Å²) in [6.45, 7) is 15.7. The van der Waals surface area contributed by atoms with Crippen molar-refractivity contribution in [2.75, 3.05) is 46.9 Å². The first-order valence-electron chi connectivity index (χ1n) is 23.0. The summed E-state index contributed by atoms with van der Waals surface area (Å²) in [5.41, 5.74) is 9.55. The molecule has 4 aliphatic rings. The minimum Gasteiger partial charge on any atom is -0.464 e. The minimum atomic E-state index is -0.961. The van der Waals surface area contributed by atoms with E-state index in [0.29, 0.717) is 57.0 Å². The largest absolute Gasteiger partial charge is 0.464 e. The van der Waals surface area contributed by atoms with Crippen LogP contribution >= 0.6 is 11.3 Å². The van der Waals surface area contributed by atoms with Crippen LogP contribution in [0.15, 0.2) is 41.9 Å². The number of fused-ring (bicyclic) bond motifs is 6. The summed E-state index contributed by atoms with van der Waals surface area (Å²) in [5, 5.41) is 11.6. The average Bonchev–Trinajstić information content (AvgIpc) is 3.97. The summed E-state index contributed by atoms with van der Waals surface area (Å²) in [4.78, 5) is 70.1. The van der Waals surface area contributed by atoms with Gasteiger partial charge in [-0.3, -0.25) is 34.1 Å². The number of hydrogen-bond acceptors (Lipinski definition) is 12.